The summed E-state index contributed by atoms with van der Waals surface area (Å²) in [5.74, 6) is 0.340. The summed E-state index contributed by atoms with van der Waals surface area (Å²) in [6.45, 7) is 1.46. The molecule has 2 aromatic heterocycles. The highest BCUT2D eigenvalue weighted by Crippen LogP contribution is 2.10. The summed E-state index contributed by atoms with van der Waals surface area (Å²) in [7, 11) is 4.02. The Hall–Kier alpha value is -1.73. The maximum atomic E-state index is 5.84. The monoisotopic (exact) mass is 282 g/mol. The van der Waals surface area contributed by atoms with Gasteiger partial charge in [-0.3, -0.25) is 0 Å². The predicted octanol–water partition coefficient (Wildman–Crippen LogP) is 1.04. The maximum absolute atomic E-state index is 5.84. The summed E-state index contributed by atoms with van der Waals surface area (Å²) in [6.07, 6.45) is 4.24. The number of rotatable bonds is 6. The number of halogens is 1. The molecule has 2 heterocycles. The maximum Gasteiger partial charge on any atom is 0.322 e. The first-order valence-corrected chi connectivity index (χ1v) is 6.22. The Morgan fingerprint density at radius 1 is 1.32 bits per heavy atom. The van der Waals surface area contributed by atoms with Crippen molar-refractivity contribution in [2.24, 2.45) is 0 Å². The molecule has 0 aliphatic carbocycles. The van der Waals surface area contributed by atoms with Crippen molar-refractivity contribution in [1.82, 2.24) is 29.6 Å². The highest BCUT2D eigenvalue weighted by atomic mass is 35.5. The van der Waals surface area contributed by atoms with E-state index in [4.69, 9.17) is 16.3 Å². The van der Waals surface area contributed by atoms with E-state index in [9.17, 15) is 0 Å². The fraction of sp³-hybridized carbons (Fsp3) is 0.455. The minimum Gasteiger partial charge on any atom is -0.463 e. The Bertz CT molecular complexity index is 516. The van der Waals surface area contributed by atoms with Crippen LogP contribution in [-0.4, -0.2) is 56.9 Å². The van der Waals surface area contributed by atoms with Crippen molar-refractivity contribution < 1.29 is 4.74 Å². The first-order chi connectivity index (χ1) is 9.15. The fourth-order valence-electron chi connectivity index (χ4n) is 1.42. The van der Waals surface area contributed by atoms with Crippen molar-refractivity contribution in [2.75, 3.05) is 27.2 Å². The average molecular weight is 283 g/mol. The molecule has 0 bridgehead atoms. The second-order valence-corrected chi connectivity index (χ2v) is 4.48. The van der Waals surface area contributed by atoms with E-state index in [1.54, 1.807) is 18.5 Å². The van der Waals surface area contributed by atoms with Gasteiger partial charge in [0.05, 0.1) is 6.61 Å². The van der Waals surface area contributed by atoms with Crippen LogP contribution in [0.15, 0.2) is 18.5 Å². The quantitative estimate of drug-likeness (QED) is 0.738. The molecule has 0 spiro atoms. The standard InChI is InChI=1S/C11H15ClN6O/c1-17(2)6-4-8-19-11-15-9(12)14-10(16-11)18-7-3-5-13-18/h3,5,7H,4,6,8H2,1-2H3. The van der Waals surface area contributed by atoms with Gasteiger partial charge < -0.3 is 9.64 Å². The third-order valence-corrected chi connectivity index (χ3v) is 2.43. The van der Waals surface area contributed by atoms with Gasteiger partial charge >= 0.3 is 6.01 Å². The van der Waals surface area contributed by atoms with Gasteiger partial charge in [0.1, 0.15) is 0 Å². The molecule has 0 aromatic carbocycles. The Morgan fingerprint density at radius 3 is 2.84 bits per heavy atom. The van der Waals surface area contributed by atoms with Crippen LogP contribution in [0.3, 0.4) is 0 Å². The van der Waals surface area contributed by atoms with Crippen LogP contribution in [0.4, 0.5) is 0 Å². The molecule has 19 heavy (non-hydrogen) atoms. The van der Waals surface area contributed by atoms with Gasteiger partial charge in [-0.1, -0.05) is 0 Å². The number of nitrogens with zero attached hydrogens (tertiary/aromatic N) is 6. The summed E-state index contributed by atoms with van der Waals surface area (Å²) in [5.41, 5.74) is 0. The lowest BCUT2D eigenvalue weighted by Gasteiger charge is -2.09. The van der Waals surface area contributed by atoms with Crippen molar-refractivity contribution in [3.8, 4) is 12.0 Å². The smallest absolute Gasteiger partial charge is 0.322 e. The first-order valence-electron chi connectivity index (χ1n) is 5.84. The normalized spacial score (nSPS) is 10.9. The van der Waals surface area contributed by atoms with Gasteiger partial charge in [0.2, 0.25) is 5.28 Å². The van der Waals surface area contributed by atoms with Crippen molar-refractivity contribution in [1.29, 1.82) is 0 Å². The number of hydrogen-bond donors (Lipinski definition) is 0. The Labute approximate surface area is 116 Å². The van der Waals surface area contributed by atoms with E-state index in [0.717, 1.165) is 13.0 Å². The van der Waals surface area contributed by atoms with Crippen molar-refractivity contribution in [2.45, 2.75) is 6.42 Å². The molecule has 0 N–H and O–H groups in total. The summed E-state index contributed by atoms with van der Waals surface area (Å²) < 4.78 is 6.96. The number of ether oxygens (including phenoxy) is 1. The van der Waals surface area contributed by atoms with Gasteiger partial charge in [-0.2, -0.15) is 20.1 Å². The fourth-order valence-corrected chi connectivity index (χ4v) is 1.57. The van der Waals surface area contributed by atoms with Crippen LogP contribution in [0.1, 0.15) is 6.42 Å². The molecular formula is C11H15ClN6O. The number of aromatic nitrogens is 5. The summed E-state index contributed by atoms with van der Waals surface area (Å²) in [6, 6.07) is 1.99. The van der Waals surface area contributed by atoms with Crippen LogP contribution in [0.2, 0.25) is 5.28 Å². The van der Waals surface area contributed by atoms with E-state index < -0.39 is 0 Å². The van der Waals surface area contributed by atoms with Crippen molar-refractivity contribution in [3.63, 3.8) is 0 Å². The lowest BCUT2D eigenvalue weighted by Crippen LogP contribution is -2.16. The van der Waals surface area contributed by atoms with Crippen LogP contribution in [0.25, 0.3) is 5.95 Å². The predicted molar refractivity (Wildman–Crippen MR) is 70.6 cm³/mol. The molecule has 8 heteroatoms. The third kappa shape index (κ3) is 4.15. The molecule has 102 valence electrons. The van der Waals surface area contributed by atoms with Crippen molar-refractivity contribution in [3.05, 3.63) is 23.7 Å². The van der Waals surface area contributed by atoms with E-state index in [-0.39, 0.29) is 11.3 Å². The average Bonchev–Trinajstić information content (AvgIpc) is 2.87. The molecule has 0 aliphatic heterocycles. The molecule has 0 fully saturated rings. The van der Waals surface area contributed by atoms with Gasteiger partial charge in [-0.15, -0.1) is 0 Å². The zero-order chi connectivity index (χ0) is 13.7. The molecule has 0 radical (unpaired) electrons. The molecule has 0 aliphatic rings. The Morgan fingerprint density at radius 2 is 2.16 bits per heavy atom. The molecule has 0 saturated heterocycles. The van der Waals surface area contributed by atoms with E-state index in [1.165, 1.54) is 4.68 Å². The zero-order valence-electron chi connectivity index (χ0n) is 10.8. The van der Waals surface area contributed by atoms with Gasteiger partial charge in [-0.25, -0.2) is 4.68 Å². The molecule has 0 amide bonds. The Balaban J connectivity index is 2.01. The van der Waals surface area contributed by atoms with Crippen LogP contribution in [0, 0.1) is 0 Å². The lowest BCUT2D eigenvalue weighted by molar-refractivity contribution is 0.262. The van der Waals surface area contributed by atoms with Crippen LogP contribution in [-0.2, 0) is 0 Å². The molecule has 7 nitrogen and oxygen atoms in total. The minimum absolute atomic E-state index is 0.0862. The van der Waals surface area contributed by atoms with Gasteiger partial charge in [-0.05, 0) is 38.2 Å². The minimum atomic E-state index is 0.0862. The Kier molecular flexibility index (Phi) is 4.64. The number of hydrogen-bond acceptors (Lipinski definition) is 6. The molecule has 0 unspecified atom stereocenters. The van der Waals surface area contributed by atoms with Gasteiger partial charge in [0.15, 0.2) is 0 Å². The summed E-state index contributed by atoms with van der Waals surface area (Å²) in [5, 5.41) is 4.12. The van der Waals surface area contributed by atoms with E-state index in [2.05, 4.69) is 25.0 Å². The zero-order valence-corrected chi connectivity index (χ0v) is 11.6. The highest BCUT2D eigenvalue weighted by Gasteiger charge is 2.08. The van der Waals surface area contributed by atoms with Crippen LogP contribution >= 0.6 is 11.6 Å². The highest BCUT2D eigenvalue weighted by molar-refractivity contribution is 6.28. The molecule has 2 aromatic rings. The molecular weight excluding hydrogens is 268 g/mol. The SMILES string of the molecule is CN(C)CCCOc1nc(Cl)nc(-n2cccn2)n1. The van der Waals surface area contributed by atoms with Gasteiger partial charge in [0.25, 0.3) is 5.95 Å². The second kappa shape index (κ2) is 6.44. The largest absolute Gasteiger partial charge is 0.463 e. The topological polar surface area (TPSA) is 69.0 Å². The molecule has 2 rings (SSSR count). The lowest BCUT2D eigenvalue weighted by atomic mass is 10.4. The van der Waals surface area contributed by atoms with E-state index >= 15 is 0 Å². The first kappa shape index (κ1) is 13.7. The van der Waals surface area contributed by atoms with E-state index in [0.29, 0.717) is 12.6 Å². The van der Waals surface area contributed by atoms with Crippen LogP contribution in [0.5, 0.6) is 6.01 Å². The summed E-state index contributed by atoms with van der Waals surface area (Å²) in [4.78, 5) is 14.1. The molecule has 0 saturated carbocycles. The summed E-state index contributed by atoms with van der Waals surface area (Å²) >= 11 is 5.84. The third-order valence-electron chi connectivity index (χ3n) is 2.27. The van der Waals surface area contributed by atoms with Crippen molar-refractivity contribution >= 4 is 11.6 Å². The molecule has 0 atom stereocenters. The van der Waals surface area contributed by atoms with Gasteiger partial charge in [0, 0.05) is 18.9 Å². The second-order valence-electron chi connectivity index (χ2n) is 4.14. The van der Waals surface area contributed by atoms with E-state index in [1.807, 2.05) is 14.1 Å². The van der Waals surface area contributed by atoms with Crippen LogP contribution < -0.4 is 4.74 Å².